The molecule has 6 nitrogen and oxygen atoms in total. The Balaban J connectivity index is 1.79. The molecular formula is C14H13F3N2O4S. The minimum atomic E-state index is -4.54. The second kappa shape index (κ2) is 7.56. The van der Waals surface area contributed by atoms with Crippen molar-refractivity contribution in [2.24, 2.45) is 0 Å². The summed E-state index contributed by atoms with van der Waals surface area (Å²) in [5, 5.41) is 3.49. The summed E-state index contributed by atoms with van der Waals surface area (Å²) in [6.45, 7) is -2.33. The van der Waals surface area contributed by atoms with Crippen molar-refractivity contribution in [3.8, 4) is 0 Å². The minimum Gasteiger partial charge on any atom is -0.456 e. The lowest BCUT2D eigenvalue weighted by atomic mass is 10.2. The zero-order valence-corrected chi connectivity index (χ0v) is 13.0. The van der Waals surface area contributed by atoms with Crippen molar-refractivity contribution in [2.75, 3.05) is 18.5 Å². The van der Waals surface area contributed by atoms with Gasteiger partial charge < -0.3 is 15.4 Å². The molecule has 0 aromatic heterocycles. The largest absolute Gasteiger partial charge is 0.456 e. The van der Waals surface area contributed by atoms with E-state index < -0.39 is 36.5 Å². The summed E-state index contributed by atoms with van der Waals surface area (Å²) in [7, 11) is 0. The van der Waals surface area contributed by atoms with Crippen molar-refractivity contribution in [3.63, 3.8) is 0 Å². The Bertz CT molecular complexity index is 651. The number of benzene rings is 1. The molecule has 130 valence electrons. The fourth-order valence-corrected chi connectivity index (χ4v) is 2.93. The maximum Gasteiger partial charge on any atom is 0.405 e. The van der Waals surface area contributed by atoms with Crippen molar-refractivity contribution in [2.45, 2.75) is 22.7 Å². The van der Waals surface area contributed by atoms with E-state index >= 15 is 0 Å². The van der Waals surface area contributed by atoms with E-state index in [9.17, 15) is 27.6 Å². The van der Waals surface area contributed by atoms with E-state index in [1.807, 2.05) is 0 Å². The molecule has 0 radical (unpaired) electrons. The Hall–Kier alpha value is -2.23. The number of fused-ring (bicyclic) bond motifs is 1. The number of hydrogen-bond acceptors (Lipinski definition) is 5. The molecule has 1 aliphatic heterocycles. The number of halogens is 3. The van der Waals surface area contributed by atoms with Gasteiger partial charge in [0.2, 0.25) is 5.91 Å². The molecule has 1 aromatic carbocycles. The van der Waals surface area contributed by atoms with Crippen molar-refractivity contribution >= 4 is 35.2 Å². The van der Waals surface area contributed by atoms with E-state index in [0.29, 0.717) is 5.69 Å². The van der Waals surface area contributed by atoms with E-state index in [-0.39, 0.29) is 12.3 Å². The number of nitrogens with one attached hydrogen (secondary N) is 2. The van der Waals surface area contributed by atoms with Crippen LogP contribution in [0.15, 0.2) is 29.2 Å². The number of anilines is 1. The smallest absolute Gasteiger partial charge is 0.405 e. The summed E-state index contributed by atoms with van der Waals surface area (Å²) in [6, 6.07) is 7.04. The van der Waals surface area contributed by atoms with Crippen LogP contribution < -0.4 is 10.6 Å². The van der Waals surface area contributed by atoms with Crippen molar-refractivity contribution < 1.29 is 32.3 Å². The lowest BCUT2D eigenvalue weighted by Crippen LogP contribution is -2.37. The lowest BCUT2D eigenvalue weighted by molar-refractivity contribution is -0.151. The molecule has 0 fully saturated rings. The van der Waals surface area contributed by atoms with Gasteiger partial charge in [0, 0.05) is 4.90 Å². The molecule has 0 saturated carbocycles. The monoisotopic (exact) mass is 362 g/mol. The maximum absolute atomic E-state index is 11.9. The lowest BCUT2D eigenvalue weighted by Gasteiger charge is -2.23. The van der Waals surface area contributed by atoms with Gasteiger partial charge in [0.15, 0.2) is 6.61 Å². The van der Waals surface area contributed by atoms with Crippen LogP contribution in [0.1, 0.15) is 6.42 Å². The summed E-state index contributed by atoms with van der Waals surface area (Å²) < 4.78 is 40.4. The number of alkyl halides is 3. The van der Waals surface area contributed by atoms with E-state index in [1.54, 1.807) is 29.6 Å². The molecule has 24 heavy (non-hydrogen) atoms. The molecular weight excluding hydrogens is 349 g/mol. The number of rotatable bonds is 5. The fourth-order valence-electron chi connectivity index (χ4n) is 1.83. The zero-order chi connectivity index (χ0) is 17.7. The Morgan fingerprint density at radius 3 is 2.71 bits per heavy atom. The predicted octanol–water partition coefficient (Wildman–Crippen LogP) is 1.71. The van der Waals surface area contributed by atoms with Gasteiger partial charge in [-0.05, 0) is 12.1 Å². The number of ether oxygens (including phenoxy) is 1. The first kappa shape index (κ1) is 18.1. The summed E-state index contributed by atoms with van der Waals surface area (Å²) >= 11 is 1.18. The Kier molecular flexibility index (Phi) is 5.71. The summed E-state index contributed by atoms with van der Waals surface area (Å²) in [5.41, 5.74) is 0.642. The Morgan fingerprint density at radius 2 is 2.00 bits per heavy atom. The minimum absolute atomic E-state index is 0.294. The van der Waals surface area contributed by atoms with E-state index in [1.165, 1.54) is 11.8 Å². The van der Waals surface area contributed by atoms with Crippen LogP contribution in [0.5, 0.6) is 0 Å². The van der Waals surface area contributed by atoms with Crippen molar-refractivity contribution in [1.82, 2.24) is 5.32 Å². The Morgan fingerprint density at radius 1 is 1.29 bits per heavy atom. The number of carbonyl (C=O) groups is 3. The molecule has 1 atom stereocenters. The van der Waals surface area contributed by atoms with E-state index in [0.717, 1.165) is 4.90 Å². The third-order valence-corrected chi connectivity index (χ3v) is 4.18. The standard InChI is InChI=1S/C14H13F3N2O4S/c15-14(16,17)7-18-11(20)6-23-12(21)5-10-13(22)19-8-3-1-2-4-9(8)24-10/h1-4,10H,5-7H2,(H,18,20)(H,19,22)/t10-/m0/s1. The summed E-state index contributed by atoms with van der Waals surface area (Å²) in [5.74, 6) is -2.28. The number of hydrogen-bond donors (Lipinski definition) is 2. The second-order valence-electron chi connectivity index (χ2n) is 4.85. The van der Waals surface area contributed by atoms with Crippen molar-refractivity contribution in [3.05, 3.63) is 24.3 Å². The highest BCUT2D eigenvalue weighted by atomic mass is 32.2. The summed E-state index contributed by atoms with van der Waals surface area (Å²) in [4.78, 5) is 35.5. The molecule has 1 aliphatic rings. The third kappa shape index (κ3) is 5.44. The van der Waals surface area contributed by atoms with Crippen LogP contribution >= 0.6 is 11.8 Å². The van der Waals surface area contributed by atoms with E-state index in [4.69, 9.17) is 0 Å². The molecule has 2 rings (SSSR count). The van der Waals surface area contributed by atoms with Crippen molar-refractivity contribution in [1.29, 1.82) is 0 Å². The van der Waals surface area contributed by atoms with Gasteiger partial charge in [-0.2, -0.15) is 13.2 Å². The highest BCUT2D eigenvalue weighted by molar-refractivity contribution is 8.01. The highest BCUT2D eigenvalue weighted by Gasteiger charge is 2.30. The first-order chi connectivity index (χ1) is 11.2. The SMILES string of the molecule is O=C(COC(=O)C[C@@H]1Sc2ccccc2NC1=O)NCC(F)(F)F. The van der Waals surface area contributed by atoms with Gasteiger partial charge in [-0.25, -0.2) is 0 Å². The topological polar surface area (TPSA) is 84.5 Å². The normalized spacial score (nSPS) is 16.8. The van der Waals surface area contributed by atoms with Gasteiger partial charge in [-0.3, -0.25) is 14.4 Å². The number of para-hydroxylation sites is 1. The first-order valence-electron chi connectivity index (χ1n) is 6.80. The van der Waals surface area contributed by atoms with Gasteiger partial charge in [-0.1, -0.05) is 12.1 Å². The maximum atomic E-state index is 11.9. The molecule has 0 saturated heterocycles. The van der Waals surface area contributed by atoms with Crippen LogP contribution in [0, 0.1) is 0 Å². The fraction of sp³-hybridized carbons (Fsp3) is 0.357. The molecule has 2 N–H and O–H groups in total. The van der Waals surface area contributed by atoms with Gasteiger partial charge >= 0.3 is 12.1 Å². The predicted molar refractivity (Wildman–Crippen MR) is 79.4 cm³/mol. The highest BCUT2D eigenvalue weighted by Crippen LogP contribution is 2.36. The van der Waals surface area contributed by atoms with Crippen LogP contribution in [-0.2, 0) is 19.1 Å². The molecule has 1 heterocycles. The average molecular weight is 362 g/mol. The average Bonchev–Trinajstić information content (AvgIpc) is 2.51. The van der Waals surface area contributed by atoms with Gasteiger partial charge in [0.1, 0.15) is 6.54 Å². The molecule has 2 amide bonds. The molecule has 1 aromatic rings. The van der Waals surface area contributed by atoms with Gasteiger partial charge in [-0.15, -0.1) is 11.8 Å². The first-order valence-corrected chi connectivity index (χ1v) is 7.68. The molecule has 0 bridgehead atoms. The van der Waals surface area contributed by atoms with Gasteiger partial charge in [0.25, 0.3) is 5.91 Å². The second-order valence-corrected chi connectivity index (χ2v) is 6.09. The van der Waals surface area contributed by atoms with Crippen LogP contribution in [0.2, 0.25) is 0 Å². The molecule has 0 spiro atoms. The van der Waals surface area contributed by atoms with Crippen LogP contribution in [0.25, 0.3) is 0 Å². The van der Waals surface area contributed by atoms with Gasteiger partial charge in [0.05, 0.1) is 17.4 Å². The quantitative estimate of drug-likeness (QED) is 0.779. The zero-order valence-electron chi connectivity index (χ0n) is 12.2. The third-order valence-electron chi connectivity index (χ3n) is 2.91. The number of thioether (sulfide) groups is 1. The molecule has 10 heteroatoms. The summed E-state index contributed by atoms with van der Waals surface area (Å²) in [6.07, 6.45) is -4.83. The van der Waals surface area contributed by atoms with Crippen LogP contribution in [-0.4, -0.2) is 42.4 Å². The molecule has 0 unspecified atom stereocenters. The number of esters is 1. The van der Waals surface area contributed by atoms with Crippen LogP contribution in [0.3, 0.4) is 0 Å². The van der Waals surface area contributed by atoms with E-state index in [2.05, 4.69) is 10.1 Å². The molecule has 0 aliphatic carbocycles. The van der Waals surface area contributed by atoms with Crippen LogP contribution in [0.4, 0.5) is 18.9 Å². The number of carbonyl (C=O) groups excluding carboxylic acids is 3. The Labute approximate surface area is 139 Å². The number of amides is 2.